The molecule has 1 aromatic rings. The molecular weight excluding hydrogens is 322 g/mol. The van der Waals surface area contributed by atoms with Gasteiger partial charge < -0.3 is 14.6 Å². The standard InChI is InChI=1S/C15H24BrNO3/c1-6-17(10-15(2,3)18)9-11-7-8-12(19-4)14(20-5)13(11)16/h7-8,18H,6,9-10H2,1-5H3. The highest BCUT2D eigenvalue weighted by Crippen LogP contribution is 2.38. The smallest absolute Gasteiger partial charge is 0.175 e. The maximum Gasteiger partial charge on any atom is 0.175 e. The molecule has 0 heterocycles. The van der Waals surface area contributed by atoms with Crippen molar-refractivity contribution in [1.29, 1.82) is 0 Å². The Morgan fingerprint density at radius 1 is 1.25 bits per heavy atom. The van der Waals surface area contributed by atoms with E-state index >= 15 is 0 Å². The SMILES string of the molecule is CCN(Cc1ccc(OC)c(OC)c1Br)CC(C)(C)O. The number of ether oxygens (including phenoxy) is 2. The van der Waals surface area contributed by atoms with E-state index in [0.29, 0.717) is 18.0 Å². The lowest BCUT2D eigenvalue weighted by Crippen LogP contribution is -2.38. The summed E-state index contributed by atoms with van der Waals surface area (Å²) >= 11 is 3.58. The first-order valence-corrected chi connectivity index (χ1v) is 7.45. The number of hydrogen-bond acceptors (Lipinski definition) is 4. The molecule has 0 saturated heterocycles. The van der Waals surface area contributed by atoms with Crippen LogP contribution in [0.2, 0.25) is 0 Å². The minimum Gasteiger partial charge on any atom is -0.493 e. The molecule has 0 saturated carbocycles. The lowest BCUT2D eigenvalue weighted by atomic mass is 10.1. The molecule has 1 aromatic carbocycles. The topological polar surface area (TPSA) is 41.9 Å². The predicted molar refractivity (Wildman–Crippen MR) is 84.5 cm³/mol. The van der Waals surface area contributed by atoms with E-state index in [2.05, 4.69) is 27.8 Å². The van der Waals surface area contributed by atoms with E-state index in [9.17, 15) is 5.11 Å². The Balaban J connectivity index is 2.97. The van der Waals surface area contributed by atoms with Crippen LogP contribution in [0.5, 0.6) is 11.5 Å². The number of aliphatic hydroxyl groups is 1. The molecule has 0 bridgehead atoms. The first kappa shape index (κ1) is 17.3. The van der Waals surface area contributed by atoms with Gasteiger partial charge in [-0.25, -0.2) is 0 Å². The van der Waals surface area contributed by atoms with Crippen molar-refractivity contribution in [3.05, 3.63) is 22.2 Å². The number of rotatable bonds is 7. The zero-order valence-electron chi connectivity index (χ0n) is 12.9. The monoisotopic (exact) mass is 345 g/mol. The van der Waals surface area contributed by atoms with Gasteiger partial charge in [0.25, 0.3) is 0 Å². The van der Waals surface area contributed by atoms with Crippen LogP contribution in [0.4, 0.5) is 0 Å². The van der Waals surface area contributed by atoms with E-state index in [1.54, 1.807) is 14.2 Å². The molecule has 1 rings (SSSR count). The molecule has 0 aliphatic carbocycles. The van der Waals surface area contributed by atoms with Gasteiger partial charge in [-0.1, -0.05) is 13.0 Å². The van der Waals surface area contributed by atoms with Gasteiger partial charge in [0.2, 0.25) is 0 Å². The first-order valence-electron chi connectivity index (χ1n) is 6.66. The Bertz CT molecular complexity index is 443. The van der Waals surface area contributed by atoms with Crippen LogP contribution in [0.15, 0.2) is 16.6 Å². The molecule has 0 aromatic heterocycles. The number of halogens is 1. The van der Waals surface area contributed by atoms with Crippen LogP contribution in [0.25, 0.3) is 0 Å². The lowest BCUT2D eigenvalue weighted by Gasteiger charge is -2.28. The number of nitrogens with zero attached hydrogens (tertiary/aromatic N) is 1. The molecule has 4 nitrogen and oxygen atoms in total. The molecule has 0 aliphatic heterocycles. The molecule has 0 atom stereocenters. The van der Waals surface area contributed by atoms with Crippen molar-refractivity contribution in [3.63, 3.8) is 0 Å². The van der Waals surface area contributed by atoms with Crippen LogP contribution in [0.3, 0.4) is 0 Å². The molecule has 114 valence electrons. The second-order valence-electron chi connectivity index (χ2n) is 5.39. The molecule has 5 heteroatoms. The molecule has 0 radical (unpaired) electrons. The van der Waals surface area contributed by atoms with E-state index in [1.165, 1.54) is 0 Å². The molecule has 0 unspecified atom stereocenters. The maximum atomic E-state index is 9.95. The number of benzene rings is 1. The zero-order valence-corrected chi connectivity index (χ0v) is 14.5. The molecule has 0 fully saturated rings. The Hall–Kier alpha value is -0.780. The van der Waals surface area contributed by atoms with Gasteiger partial charge >= 0.3 is 0 Å². The average Bonchev–Trinajstić information content (AvgIpc) is 2.38. The van der Waals surface area contributed by atoms with Crippen LogP contribution >= 0.6 is 15.9 Å². The summed E-state index contributed by atoms with van der Waals surface area (Å²) in [4.78, 5) is 2.19. The molecular formula is C15H24BrNO3. The first-order chi connectivity index (χ1) is 9.32. The highest BCUT2D eigenvalue weighted by molar-refractivity contribution is 9.10. The van der Waals surface area contributed by atoms with Crippen LogP contribution < -0.4 is 9.47 Å². The summed E-state index contributed by atoms with van der Waals surface area (Å²) in [5.41, 5.74) is 0.396. The summed E-state index contributed by atoms with van der Waals surface area (Å²) in [6, 6.07) is 3.91. The summed E-state index contributed by atoms with van der Waals surface area (Å²) < 4.78 is 11.6. The van der Waals surface area contributed by atoms with Crippen LogP contribution in [0, 0.1) is 0 Å². The lowest BCUT2D eigenvalue weighted by molar-refractivity contribution is 0.0352. The summed E-state index contributed by atoms with van der Waals surface area (Å²) in [5, 5.41) is 9.95. The number of methoxy groups -OCH3 is 2. The van der Waals surface area contributed by atoms with Crippen molar-refractivity contribution in [2.75, 3.05) is 27.3 Å². The van der Waals surface area contributed by atoms with E-state index in [1.807, 2.05) is 26.0 Å². The fraction of sp³-hybridized carbons (Fsp3) is 0.600. The van der Waals surface area contributed by atoms with Crippen LogP contribution in [-0.2, 0) is 6.54 Å². The highest BCUT2D eigenvalue weighted by atomic mass is 79.9. The van der Waals surface area contributed by atoms with Crippen molar-refractivity contribution in [1.82, 2.24) is 4.90 Å². The Kier molecular flexibility index (Phi) is 6.30. The fourth-order valence-electron chi connectivity index (χ4n) is 2.12. The highest BCUT2D eigenvalue weighted by Gasteiger charge is 2.19. The third-order valence-electron chi connectivity index (χ3n) is 3.02. The van der Waals surface area contributed by atoms with Crippen molar-refractivity contribution in [2.45, 2.75) is 32.9 Å². The minimum absolute atomic E-state index is 0.615. The Morgan fingerprint density at radius 3 is 2.35 bits per heavy atom. The van der Waals surface area contributed by atoms with E-state index in [4.69, 9.17) is 9.47 Å². The molecule has 0 aliphatic rings. The summed E-state index contributed by atoms with van der Waals surface area (Å²) in [5.74, 6) is 1.40. The van der Waals surface area contributed by atoms with Crippen LogP contribution in [-0.4, -0.2) is 42.9 Å². The van der Waals surface area contributed by atoms with Crippen molar-refractivity contribution < 1.29 is 14.6 Å². The molecule has 0 spiro atoms. The normalized spacial score (nSPS) is 11.8. The zero-order chi connectivity index (χ0) is 15.3. The molecule has 1 N–H and O–H groups in total. The second-order valence-corrected chi connectivity index (χ2v) is 6.18. The molecule has 0 amide bonds. The number of likely N-dealkylation sites (N-methyl/N-ethyl adjacent to an activating group) is 1. The number of hydrogen-bond donors (Lipinski definition) is 1. The third kappa shape index (κ3) is 4.65. The van der Waals surface area contributed by atoms with Gasteiger partial charge in [-0.15, -0.1) is 0 Å². The van der Waals surface area contributed by atoms with Gasteiger partial charge in [-0.05, 0) is 48.0 Å². The average molecular weight is 346 g/mol. The van der Waals surface area contributed by atoms with Gasteiger partial charge in [-0.2, -0.15) is 0 Å². The maximum absolute atomic E-state index is 9.95. The summed E-state index contributed by atoms with van der Waals surface area (Å²) in [7, 11) is 3.25. The summed E-state index contributed by atoms with van der Waals surface area (Å²) in [6.07, 6.45) is 0. The van der Waals surface area contributed by atoms with Gasteiger partial charge in [0.05, 0.1) is 24.3 Å². The Labute approximate surface area is 129 Å². The third-order valence-corrected chi connectivity index (χ3v) is 3.89. The Morgan fingerprint density at radius 2 is 1.90 bits per heavy atom. The van der Waals surface area contributed by atoms with Crippen LogP contribution in [0.1, 0.15) is 26.3 Å². The van der Waals surface area contributed by atoms with Crippen molar-refractivity contribution >= 4 is 15.9 Å². The quantitative estimate of drug-likeness (QED) is 0.824. The van der Waals surface area contributed by atoms with Gasteiger partial charge in [0.1, 0.15) is 0 Å². The predicted octanol–water partition coefficient (Wildman–Crippen LogP) is 3.06. The van der Waals surface area contributed by atoms with E-state index in [-0.39, 0.29) is 0 Å². The molecule has 20 heavy (non-hydrogen) atoms. The second kappa shape index (κ2) is 7.29. The van der Waals surface area contributed by atoms with Crippen molar-refractivity contribution in [2.24, 2.45) is 0 Å². The van der Waals surface area contributed by atoms with Gasteiger partial charge in [0, 0.05) is 13.1 Å². The van der Waals surface area contributed by atoms with Gasteiger partial charge in [-0.3, -0.25) is 4.90 Å². The van der Waals surface area contributed by atoms with Crippen molar-refractivity contribution in [3.8, 4) is 11.5 Å². The largest absolute Gasteiger partial charge is 0.493 e. The van der Waals surface area contributed by atoms with Gasteiger partial charge in [0.15, 0.2) is 11.5 Å². The minimum atomic E-state index is -0.709. The fourth-order valence-corrected chi connectivity index (χ4v) is 2.73. The summed E-state index contributed by atoms with van der Waals surface area (Å²) in [6.45, 7) is 7.94. The van der Waals surface area contributed by atoms with E-state index in [0.717, 1.165) is 23.1 Å². The van der Waals surface area contributed by atoms with E-state index < -0.39 is 5.60 Å².